The van der Waals surface area contributed by atoms with Crippen LogP contribution in [0, 0.1) is 6.92 Å². The highest BCUT2D eigenvalue weighted by Crippen LogP contribution is 2.23. The fourth-order valence-electron chi connectivity index (χ4n) is 2.66. The third kappa shape index (κ3) is 4.99. The average molecular weight is 346 g/mol. The molecule has 0 aromatic heterocycles. The minimum atomic E-state index is -3.36. The number of anilines is 2. The first kappa shape index (κ1) is 18.3. The van der Waals surface area contributed by atoms with Gasteiger partial charge in [-0.2, -0.15) is 0 Å². The zero-order chi connectivity index (χ0) is 17.6. The molecule has 0 aliphatic heterocycles. The van der Waals surface area contributed by atoms with Crippen molar-refractivity contribution < 1.29 is 8.42 Å². The van der Waals surface area contributed by atoms with E-state index >= 15 is 0 Å². The number of rotatable bonds is 8. The van der Waals surface area contributed by atoms with Crippen LogP contribution in [0.4, 0.5) is 11.4 Å². The van der Waals surface area contributed by atoms with Crippen molar-refractivity contribution in [1.29, 1.82) is 0 Å². The van der Waals surface area contributed by atoms with Crippen molar-refractivity contribution in [2.24, 2.45) is 0 Å². The molecule has 0 spiro atoms. The van der Waals surface area contributed by atoms with Crippen LogP contribution in [0.5, 0.6) is 0 Å². The van der Waals surface area contributed by atoms with Crippen LogP contribution in [0.1, 0.15) is 25.0 Å². The summed E-state index contributed by atoms with van der Waals surface area (Å²) in [4.78, 5) is 2.24. The molecule has 0 unspecified atom stereocenters. The summed E-state index contributed by atoms with van der Waals surface area (Å²) < 4.78 is 27.4. The van der Waals surface area contributed by atoms with Gasteiger partial charge in [0.05, 0.1) is 11.4 Å². The monoisotopic (exact) mass is 346 g/mol. The summed E-state index contributed by atoms with van der Waals surface area (Å²) in [6.45, 7) is 8.01. The summed E-state index contributed by atoms with van der Waals surface area (Å²) in [5, 5.41) is 0. The summed E-state index contributed by atoms with van der Waals surface area (Å²) in [6, 6.07) is 15.5. The van der Waals surface area contributed by atoms with E-state index in [1.54, 1.807) is 0 Å². The molecule has 24 heavy (non-hydrogen) atoms. The molecule has 0 amide bonds. The van der Waals surface area contributed by atoms with Crippen molar-refractivity contribution in [3.8, 4) is 0 Å². The molecule has 2 aromatic carbocycles. The zero-order valence-electron chi connectivity index (χ0n) is 14.6. The van der Waals surface area contributed by atoms with Gasteiger partial charge in [-0.3, -0.25) is 4.72 Å². The second-order valence-corrected chi connectivity index (χ2v) is 7.67. The molecule has 0 saturated carbocycles. The van der Waals surface area contributed by atoms with Gasteiger partial charge in [-0.15, -0.1) is 0 Å². The van der Waals surface area contributed by atoms with Gasteiger partial charge in [-0.25, -0.2) is 8.42 Å². The van der Waals surface area contributed by atoms with Gasteiger partial charge in [0.25, 0.3) is 0 Å². The van der Waals surface area contributed by atoms with Crippen molar-refractivity contribution in [2.45, 2.75) is 27.2 Å². The fourth-order valence-corrected chi connectivity index (χ4v) is 3.83. The summed E-state index contributed by atoms with van der Waals surface area (Å²) in [5.41, 5.74) is 3.72. The molecule has 0 aliphatic rings. The Morgan fingerprint density at radius 2 is 1.67 bits per heavy atom. The standard InChI is InChI=1S/C19H26N2O2S/c1-4-21(5-2)18-11-12-19(16(3)15-18)20-24(22,23)14-13-17-9-7-6-8-10-17/h6-12,15,20H,4-5,13-14H2,1-3H3. The number of nitrogens with one attached hydrogen (secondary N) is 1. The van der Waals surface area contributed by atoms with Gasteiger partial charge in [0, 0.05) is 18.8 Å². The lowest BCUT2D eigenvalue weighted by atomic mass is 10.1. The van der Waals surface area contributed by atoms with E-state index in [0.717, 1.165) is 29.9 Å². The molecule has 0 heterocycles. The highest BCUT2D eigenvalue weighted by Gasteiger charge is 2.13. The predicted octanol–water partition coefficient (Wildman–Crippen LogP) is 3.83. The molecule has 0 saturated heterocycles. The number of hydrogen-bond donors (Lipinski definition) is 1. The lowest BCUT2D eigenvalue weighted by molar-refractivity contribution is 0.600. The summed E-state index contributed by atoms with van der Waals surface area (Å²) in [7, 11) is -3.36. The van der Waals surface area contributed by atoms with Crippen molar-refractivity contribution >= 4 is 21.4 Å². The first-order valence-electron chi connectivity index (χ1n) is 8.35. The molecule has 0 fully saturated rings. The van der Waals surface area contributed by atoms with Gasteiger partial charge in [-0.05, 0) is 56.5 Å². The Balaban J connectivity index is 2.06. The van der Waals surface area contributed by atoms with E-state index in [9.17, 15) is 8.42 Å². The first-order chi connectivity index (χ1) is 11.4. The second kappa shape index (κ2) is 8.20. The normalized spacial score (nSPS) is 11.3. The highest BCUT2D eigenvalue weighted by atomic mass is 32.2. The van der Waals surface area contributed by atoms with E-state index in [2.05, 4.69) is 23.5 Å². The van der Waals surface area contributed by atoms with Crippen LogP contribution < -0.4 is 9.62 Å². The lowest BCUT2D eigenvalue weighted by Crippen LogP contribution is -2.22. The SMILES string of the molecule is CCN(CC)c1ccc(NS(=O)(=O)CCc2ccccc2)c(C)c1. The molecule has 2 rings (SSSR count). The maximum atomic E-state index is 12.3. The molecule has 0 aliphatic carbocycles. The Bertz CT molecular complexity index is 754. The van der Waals surface area contributed by atoms with Crippen LogP contribution in [-0.4, -0.2) is 27.3 Å². The quantitative estimate of drug-likeness (QED) is 0.790. The van der Waals surface area contributed by atoms with Gasteiger partial charge in [-0.1, -0.05) is 30.3 Å². The average Bonchev–Trinajstić information content (AvgIpc) is 2.57. The minimum Gasteiger partial charge on any atom is -0.372 e. The molecule has 0 atom stereocenters. The van der Waals surface area contributed by atoms with Gasteiger partial charge >= 0.3 is 0 Å². The molecule has 5 heteroatoms. The lowest BCUT2D eigenvalue weighted by Gasteiger charge is -2.22. The number of sulfonamides is 1. The van der Waals surface area contributed by atoms with E-state index in [4.69, 9.17) is 0 Å². The number of aryl methyl sites for hydroxylation is 2. The van der Waals surface area contributed by atoms with Gasteiger partial charge in [0.1, 0.15) is 0 Å². The molecular weight excluding hydrogens is 320 g/mol. The van der Waals surface area contributed by atoms with Crippen molar-refractivity contribution in [3.63, 3.8) is 0 Å². The zero-order valence-corrected chi connectivity index (χ0v) is 15.4. The Kier molecular flexibility index (Phi) is 6.26. The molecule has 130 valence electrons. The first-order valence-corrected chi connectivity index (χ1v) is 10.0. The van der Waals surface area contributed by atoms with Gasteiger partial charge in [0.15, 0.2) is 0 Å². The fraction of sp³-hybridized carbons (Fsp3) is 0.368. The van der Waals surface area contributed by atoms with Crippen LogP contribution in [0.2, 0.25) is 0 Å². The number of hydrogen-bond acceptors (Lipinski definition) is 3. The Hall–Kier alpha value is -2.01. The Morgan fingerprint density at radius 3 is 2.25 bits per heavy atom. The summed E-state index contributed by atoms with van der Waals surface area (Å²) >= 11 is 0. The molecule has 0 bridgehead atoms. The van der Waals surface area contributed by atoms with E-state index in [1.165, 1.54) is 0 Å². The van der Waals surface area contributed by atoms with E-state index in [0.29, 0.717) is 12.1 Å². The van der Waals surface area contributed by atoms with Crippen molar-refractivity contribution in [2.75, 3.05) is 28.5 Å². The second-order valence-electron chi connectivity index (χ2n) is 5.83. The van der Waals surface area contributed by atoms with E-state index in [-0.39, 0.29) is 5.75 Å². The predicted molar refractivity (Wildman–Crippen MR) is 102 cm³/mol. The summed E-state index contributed by atoms with van der Waals surface area (Å²) in [5.74, 6) is 0.0776. The topological polar surface area (TPSA) is 49.4 Å². The number of nitrogens with zero attached hydrogens (tertiary/aromatic N) is 1. The number of benzene rings is 2. The van der Waals surface area contributed by atoms with Gasteiger partial charge < -0.3 is 4.90 Å². The molecule has 0 radical (unpaired) electrons. The van der Waals surface area contributed by atoms with Crippen molar-refractivity contribution in [1.82, 2.24) is 0 Å². The van der Waals surface area contributed by atoms with E-state index < -0.39 is 10.0 Å². The van der Waals surface area contributed by atoms with E-state index in [1.807, 2.05) is 55.5 Å². The summed E-state index contributed by atoms with van der Waals surface area (Å²) in [6.07, 6.45) is 0.507. The molecule has 1 N–H and O–H groups in total. The van der Waals surface area contributed by atoms with Gasteiger partial charge in [0.2, 0.25) is 10.0 Å². The van der Waals surface area contributed by atoms with Crippen LogP contribution >= 0.6 is 0 Å². The molecular formula is C19H26N2O2S. The maximum absolute atomic E-state index is 12.3. The third-order valence-electron chi connectivity index (χ3n) is 4.11. The Morgan fingerprint density at radius 1 is 1.00 bits per heavy atom. The molecule has 2 aromatic rings. The van der Waals surface area contributed by atoms with Crippen LogP contribution in [0.3, 0.4) is 0 Å². The van der Waals surface area contributed by atoms with Crippen LogP contribution in [0.25, 0.3) is 0 Å². The maximum Gasteiger partial charge on any atom is 0.233 e. The third-order valence-corrected chi connectivity index (χ3v) is 5.38. The largest absolute Gasteiger partial charge is 0.372 e. The highest BCUT2D eigenvalue weighted by molar-refractivity contribution is 7.92. The minimum absolute atomic E-state index is 0.0776. The van der Waals surface area contributed by atoms with Crippen LogP contribution in [0.15, 0.2) is 48.5 Å². The Labute approximate surface area is 145 Å². The smallest absolute Gasteiger partial charge is 0.233 e. The molecule has 4 nitrogen and oxygen atoms in total. The van der Waals surface area contributed by atoms with Crippen LogP contribution in [-0.2, 0) is 16.4 Å². The van der Waals surface area contributed by atoms with Crippen molar-refractivity contribution in [3.05, 3.63) is 59.7 Å².